The molecule has 5 rings (SSSR count). The molecule has 31 heavy (non-hydrogen) atoms. The Bertz CT molecular complexity index is 1220. The van der Waals surface area contributed by atoms with Crippen LogP contribution in [0.3, 0.4) is 0 Å². The van der Waals surface area contributed by atoms with E-state index in [0.717, 1.165) is 51.8 Å². The Labute approximate surface area is 184 Å². The zero-order valence-electron chi connectivity index (χ0n) is 17.0. The van der Waals surface area contributed by atoms with Gasteiger partial charge < -0.3 is 11.1 Å². The first kappa shape index (κ1) is 19.8. The van der Waals surface area contributed by atoms with Crippen LogP contribution >= 0.6 is 11.8 Å². The van der Waals surface area contributed by atoms with Crippen molar-refractivity contribution in [2.24, 2.45) is 5.73 Å². The van der Waals surface area contributed by atoms with Gasteiger partial charge in [-0.15, -0.1) is 11.8 Å². The molecule has 2 aromatic carbocycles. The normalized spacial score (nSPS) is 13.5. The standard InChI is InChI=1S/C24H23N5OS/c25-12-13-31-24-22-26-14-21(29(22)15-20(28-24)16-4-2-1-3-5-16)17-6-8-18(9-7-17)23(30)27-19-10-11-19/h1-9,14-15,19H,10-13,25H2,(H,27,30). The van der Waals surface area contributed by atoms with Crippen molar-refractivity contribution in [2.45, 2.75) is 23.9 Å². The van der Waals surface area contributed by atoms with Crippen LogP contribution in [-0.2, 0) is 0 Å². The maximum absolute atomic E-state index is 12.3. The van der Waals surface area contributed by atoms with Crippen molar-refractivity contribution in [3.8, 4) is 22.5 Å². The lowest BCUT2D eigenvalue weighted by Crippen LogP contribution is -2.25. The molecule has 6 nitrogen and oxygen atoms in total. The van der Waals surface area contributed by atoms with Gasteiger partial charge in [-0.2, -0.15) is 0 Å². The molecular formula is C24H23N5OS. The summed E-state index contributed by atoms with van der Waals surface area (Å²) in [7, 11) is 0. The minimum Gasteiger partial charge on any atom is -0.349 e. The lowest BCUT2D eigenvalue weighted by Gasteiger charge is -2.10. The summed E-state index contributed by atoms with van der Waals surface area (Å²) in [5, 5.41) is 3.89. The van der Waals surface area contributed by atoms with Gasteiger partial charge >= 0.3 is 0 Å². The third-order valence-corrected chi connectivity index (χ3v) is 6.23. The van der Waals surface area contributed by atoms with Crippen molar-refractivity contribution < 1.29 is 4.79 Å². The van der Waals surface area contributed by atoms with Gasteiger partial charge in [-0.25, -0.2) is 9.97 Å². The third-order valence-electron chi connectivity index (χ3n) is 5.24. The number of aromatic nitrogens is 3. The van der Waals surface area contributed by atoms with Gasteiger partial charge in [0.2, 0.25) is 0 Å². The van der Waals surface area contributed by atoms with Crippen LogP contribution in [0.4, 0.5) is 0 Å². The number of hydrogen-bond donors (Lipinski definition) is 2. The van der Waals surface area contributed by atoms with Gasteiger partial charge in [-0.05, 0) is 25.0 Å². The number of nitrogens with one attached hydrogen (secondary N) is 1. The van der Waals surface area contributed by atoms with Gasteiger partial charge in [0, 0.05) is 41.2 Å². The van der Waals surface area contributed by atoms with Gasteiger partial charge in [-0.1, -0.05) is 42.5 Å². The van der Waals surface area contributed by atoms with E-state index in [-0.39, 0.29) is 5.91 Å². The minimum absolute atomic E-state index is 0.0109. The molecule has 1 aliphatic carbocycles. The van der Waals surface area contributed by atoms with Crippen LogP contribution in [0.5, 0.6) is 0 Å². The van der Waals surface area contributed by atoms with Crippen LogP contribution in [0.1, 0.15) is 23.2 Å². The van der Waals surface area contributed by atoms with E-state index in [9.17, 15) is 4.79 Å². The molecule has 0 unspecified atom stereocenters. The Kier molecular flexibility index (Phi) is 5.44. The quantitative estimate of drug-likeness (QED) is 0.434. The summed E-state index contributed by atoms with van der Waals surface area (Å²) in [6.45, 7) is 0.575. The maximum Gasteiger partial charge on any atom is 0.251 e. The summed E-state index contributed by atoms with van der Waals surface area (Å²) < 4.78 is 2.08. The maximum atomic E-state index is 12.3. The number of fused-ring (bicyclic) bond motifs is 1. The molecule has 1 saturated carbocycles. The first-order chi connectivity index (χ1) is 15.2. The predicted molar refractivity (Wildman–Crippen MR) is 124 cm³/mol. The van der Waals surface area contributed by atoms with Crippen molar-refractivity contribution in [3.05, 3.63) is 72.6 Å². The molecule has 0 atom stereocenters. The number of nitrogens with two attached hydrogens (primary N) is 1. The number of carbonyl (C=O) groups is 1. The van der Waals surface area contributed by atoms with Crippen molar-refractivity contribution in [1.82, 2.24) is 19.7 Å². The van der Waals surface area contributed by atoms with Crippen LogP contribution < -0.4 is 11.1 Å². The van der Waals surface area contributed by atoms with E-state index < -0.39 is 0 Å². The highest BCUT2D eigenvalue weighted by atomic mass is 32.2. The van der Waals surface area contributed by atoms with Crippen LogP contribution in [0.2, 0.25) is 0 Å². The highest BCUT2D eigenvalue weighted by molar-refractivity contribution is 7.99. The largest absolute Gasteiger partial charge is 0.349 e. The van der Waals surface area contributed by atoms with E-state index in [1.54, 1.807) is 11.8 Å². The number of rotatable bonds is 7. The molecule has 0 radical (unpaired) electrons. The molecule has 1 aliphatic rings. The van der Waals surface area contributed by atoms with Crippen LogP contribution in [0.15, 0.2) is 72.0 Å². The van der Waals surface area contributed by atoms with Gasteiger partial charge in [0.05, 0.1) is 17.6 Å². The second-order valence-corrected chi connectivity index (χ2v) is 8.68. The number of nitrogens with zero attached hydrogens (tertiary/aromatic N) is 3. The Morgan fingerprint density at radius 3 is 2.58 bits per heavy atom. The molecule has 2 heterocycles. The number of amides is 1. The zero-order chi connectivity index (χ0) is 21.2. The Morgan fingerprint density at radius 2 is 1.87 bits per heavy atom. The fourth-order valence-electron chi connectivity index (χ4n) is 3.46. The Balaban J connectivity index is 1.54. The first-order valence-electron chi connectivity index (χ1n) is 10.4. The smallest absolute Gasteiger partial charge is 0.251 e. The SMILES string of the molecule is NCCSc1nc(-c2ccccc2)cn2c(-c3ccc(C(=O)NC4CC4)cc3)cnc12. The fraction of sp³-hybridized carbons (Fsp3) is 0.208. The molecule has 0 saturated heterocycles. The summed E-state index contributed by atoms with van der Waals surface area (Å²) in [5.41, 5.74) is 11.1. The van der Waals surface area contributed by atoms with Gasteiger partial charge in [0.1, 0.15) is 5.03 Å². The summed E-state index contributed by atoms with van der Waals surface area (Å²) in [5.74, 6) is 0.761. The topological polar surface area (TPSA) is 85.3 Å². The Hall–Kier alpha value is -3.16. The number of hydrogen-bond acceptors (Lipinski definition) is 5. The second kappa shape index (κ2) is 8.53. The molecule has 0 aliphatic heterocycles. The number of carbonyl (C=O) groups excluding carboxylic acids is 1. The van der Waals surface area contributed by atoms with Crippen LogP contribution in [0.25, 0.3) is 28.2 Å². The monoisotopic (exact) mass is 429 g/mol. The molecule has 1 fully saturated rings. The third kappa shape index (κ3) is 4.19. The Morgan fingerprint density at radius 1 is 1.10 bits per heavy atom. The number of benzene rings is 2. The van der Waals surface area contributed by atoms with Crippen molar-refractivity contribution in [1.29, 1.82) is 0 Å². The van der Waals surface area contributed by atoms with E-state index in [2.05, 4.69) is 26.8 Å². The fourth-order valence-corrected chi connectivity index (χ4v) is 4.22. The van der Waals surface area contributed by atoms with Crippen molar-refractivity contribution in [2.75, 3.05) is 12.3 Å². The highest BCUT2D eigenvalue weighted by Gasteiger charge is 2.23. The molecule has 2 aromatic heterocycles. The lowest BCUT2D eigenvalue weighted by molar-refractivity contribution is 0.0951. The summed E-state index contributed by atoms with van der Waals surface area (Å²) in [6.07, 6.45) is 6.03. The minimum atomic E-state index is -0.0109. The molecule has 0 bridgehead atoms. The van der Waals surface area contributed by atoms with Gasteiger partial charge in [0.15, 0.2) is 5.65 Å². The van der Waals surface area contributed by atoms with Crippen LogP contribution in [-0.4, -0.2) is 38.6 Å². The number of thioether (sulfide) groups is 1. The molecule has 7 heteroatoms. The first-order valence-corrected chi connectivity index (χ1v) is 11.4. The van der Waals surface area contributed by atoms with E-state index in [0.29, 0.717) is 18.2 Å². The zero-order valence-corrected chi connectivity index (χ0v) is 17.8. The van der Waals surface area contributed by atoms with Crippen molar-refractivity contribution in [3.63, 3.8) is 0 Å². The summed E-state index contributed by atoms with van der Waals surface area (Å²) in [6, 6.07) is 18.1. The van der Waals surface area contributed by atoms with E-state index in [1.165, 1.54) is 0 Å². The second-order valence-electron chi connectivity index (χ2n) is 7.60. The van der Waals surface area contributed by atoms with E-state index in [1.807, 2.05) is 54.9 Å². The molecular weight excluding hydrogens is 406 g/mol. The average molecular weight is 430 g/mol. The van der Waals surface area contributed by atoms with Crippen LogP contribution in [0, 0.1) is 0 Å². The van der Waals surface area contributed by atoms with Gasteiger partial charge in [-0.3, -0.25) is 9.20 Å². The number of imidazole rings is 1. The van der Waals surface area contributed by atoms with Crippen molar-refractivity contribution >= 4 is 23.3 Å². The molecule has 4 aromatic rings. The average Bonchev–Trinajstić information content (AvgIpc) is 3.53. The lowest BCUT2D eigenvalue weighted by atomic mass is 10.1. The predicted octanol–water partition coefficient (Wildman–Crippen LogP) is 4.01. The molecule has 1 amide bonds. The van der Waals surface area contributed by atoms with E-state index >= 15 is 0 Å². The van der Waals surface area contributed by atoms with Gasteiger partial charge in [0.25, 0.3) is 5.91 Å². The molecule has 0 spiro atoms. The highest BCUT2D eigenvalue weighted by Crippen LogP contribution is 2.30. The summed E-state index contributed by atoms with van der Waals surface area (Å²) >= 11 is 1.61. The summed E-state index contributed by atoms with van der Waals surface area (Å²) in [4.78, 5) is 21.8. The van der Waals surface area contributed by atoms with E-state index in [4.69, 9.17) is 10.7 Å². The molecule has 156 valence electrons. The molecule has 3 N–H and O–H groups in total.